The summed E-state index contributed by atoms with van der Waals surface area (Å²) in [6, 6.07) is 14.9. The van der Waals surface area contributed by atoms with E-state index in [-0.39, 0.29) is 0 Å². The molecule has 1 fully saturated rings. The first-order valence-electron chi connectivity index (χ1n) is 7.88. The lowest BCUT2D eigenvalue weighted by Gasteiger charge is -2.32. The summed E-state index contributed by atoms with van der Waals surface area (Å²) in [6.45, 7) is 7.81. The Bertz CT molecular complexity index is 646. The molecule has 0 aliphatic carbocycles. The zero-order chi connectivity index (χ0) is 15.5. The van der Waals surface area contributed by atoms with Crippen LogP contribution in [0.15, 0.2) is 42.5 Å². The van der Waals surface area contributed by atoms with Crippen molar-refractivity contribution in [1.29, 1.82) is 0 Å². The van der Waals surface area contributed by atoms with E-state index in [9.17, 15) is 0 Å². The normalized spacial score (nSPS) is 16.9. The number of rotatable bonds is 3. The largest absolute Gasteiger partial charge is 0.304 e. The van der Waals surface area contributed by atoms with Crippen molar-refractivity contribution in [2.45, 2.75) is 13.5 Å². The van der Waals surface area contributed by atoms with Gasteiger partial charge in [0.25, 0.3) is 0 Å². The van der Waals surface area contributed by atoms with Crippen molar-refractivity contribution < 1.29 is 0 Å². The minimum Gasteiger partial charge on any atom is -0.304 e. The number of hydrogen-bond acceptors (Lipinski definition) is 2. The standard InChI is InChI=1S/C19H23ClN2/c1-15-6-7-16(14-22-10-8-21(2)9-11-22)12-19(15)17-4-3-5-18(20)13-17/h3-7,12-13H,8-11,14H2,1-2H3. The van der Waals surface area contributed by atoms with Gasteiger partial charge in [0.1, 0.15) is 0 Å². The van der Waals surface area contributed by atoms with Crippen molar-refractivity contribution in [3.63, 3.8) is 0 Å². The Morgan fingerprint density at radius 3 is 2.50 bits per heavy atom. The van der Waals surface area contributed by atoms with Crippen molar-refractivity contribution in [2.24, 2.45) is 0 Å². The summed E-state index contributed by atoms with van der Waals surface area (Å²) in [5.41, 5.74) is 5.16. The summed E-state index contributed by atoms with van der Waals surface area (Å²) in [5.74, 6) is 0. The first-order valence-corrected chi connectivity index (χ1v) is 8.26. The van der Waals surface area contributed by atoms with Gasteiger partial charge >= 0.3 is 0 Å². The fraction of sp³-hybridized carbons (Fsp3) is 0.368. The second-order valence-corrected chi connectivity index (χ2v) is 6.68. The fourth-order valence-corrected chi connectivity index (χ4v) is 3.19. The third-order valence-corrected chi connectivity index (χ3v) is 4.67. The Hall–Kier alpha value is -1.35. The summed E-state index contributed by atoms with van der Waals surface area (Å²) in [4.78, 5) is 4.93. The molecule has 22 heavy (non-hydrogen) atoms. The maximum atomic E-state index is 6.14. The molecule has 0 atom stereocenters. The molecule has 3 heteroatoms. The van der Waals surface area contributed by atoms with Crippen LogP contribution in [0.4, 0.5) is 0 Å². The Morgan fingerprint density at radius 2 is 1.77 bits per heavy atom. The van der Waals surface area contributed by atoms with E-state index < -0.39 is 0 Å². The Kier molecular flexibility index (Phi) is 4.82. The van der Waals surface area contributed by atoms with Crippen molar-refractivity contribution >= 4 is 11.6 Å². The lowest BCUT2D eigenvalue weighted by molar-refractivity contribution is 0.148. The molecule has 1 heterocycles. The van der Waals surface area contributed by atoms with Crippen molar-refractivity contribution in [3.8, 4) is 11.1 Å². The van der Waals surface area contributed by atoms with Crippen LogP contribution >= 0.6 is 11.6 Å². The molecule has 1 aliphatic rings. The highest BCUT2D eigenvalue weighted by Crippen LogP contribution is 2.27. The number of likely N-dealkylation sites (N-methyl/N-ethyl adjacent to an activating group) is 1. The van der Waals surface area contributed by atoms with Crippen molar-refractivity contribution in [3.05, 3.63) is 58.6 Å². The van der Waals surface area contributed by atoms with Gasteiger partial charge in [-0.2, -0.15) is 0 Å². The summed E-state index contributed by atoms with van der Waals surface area (Å²) < 4.78 is 0. The molecule has 3 rings (SSSR count). The van der Waals surface area contributed by atoms with Gasteiger partial charge in [0.2, 0.25) is 0 Å². The van der Waals surface area contributed by atoms with E-state index in [1.54, 1.807) is 0 Å². The molecule has 0 radical (unpaired) electrons. The molecule has 116 valence electrons. The van der Waals surface area contributed by atoms with E-state index in [1.165, 1.54) is 22.3 Å². The molecular weight excluding hydrogens is 292 g/mol. The highest BCUT2D eigenvalue weighted by atomic mass is 35.5. The van der Waals surface area contributed by atoms with E-state index in [1.807, 2.05) is 18.2 Å². The van der Waals surface area contributed by atoms with Crippen LogP contribution in [0.3, 0.4) is 0 Å². The molecule has 0 unspecified atom stereocenters. The van der Waals surface area contributed by atoms with E-state index >= 15 is 0 Å². The molecule has 0 spiro atoms. The van der Waals surface area contributed by atoms with E-state index in [0.29, 0.717) is 0 Å². The topological polar surface area (TPSA) is 6.48 Å². The molecule has 0 bridgehead atoms. The molecular formula is C19H23ClN2. The maximum absolute atomic E-state index is 6.14. The third kappa shape index (κ3) is 3.70. The molecule has 0 aromatic heterocycles. The average Bonchev–Trinajstić information content (AvgIpc) is 2.51. The monoisotopic (exact) mass is 314 g/mol. The second kappa shape index (κ2) is 6.82. The van der Waals surface area contributed by atoms with E-state index in [4.69, 9.17) is 11.6 Å². The minimum atomic E-state index is 0.793. The summed E-state index contributed by atoms with van der Waals surface area (Å²) in [5, 5.41) is 0.793. The number of hydrogen-bond donors (Lipinski definition) is 0. The summed E-state index contributed by atoms with van der Waals surface area (Å²) >= 11 is 6.14. The van der Waals surface area contributed by atoms with Gasteiger partial charge in [-0.15, -0.1) is 0 Å². The highest BCUT2D eigenvalue weighted by molar-refractivity contribution is 6.30. The van der Waals surface area contributed by atoms with Crippen molar-refractivity contribution in [1.82, 2.24) is 9.80 Å². The smallest absolute Gasteiger partial charge is 0.0412 e. The number of benzene rings is 2. The van der Waals surface area contributed by atoms with Crippen LogP contribution in [0.5, 0.6) is 0 Å². The SMILES string of the molecule is Cc1ccc(CN2CCN(C)CC2)cc1-c1cccc(Cl)c1. The zero-order valence-electron chi connectivity index (χ0n) is 13.3. The predicted octanol–water partition coefficient (Wildman–Crippen LogP) is 4.06. The molecule has 0 amide bonds. The fourth-order valence-electron chi connectivity index (χ4n) is 3.00. The summed E-state index contributed by atoms with van der Waals surface area (Å²) in [7, 11) is 2.19. The van der Waals surface area contributed by atoms with Gasteiger partial charge in [0.05, 0.1) is 0 Å². The van der Waals surface area contributed by atoms with Gasteiger partial charge < -0.3 is 4.90 Å². The van der Waals surface area contributed by atoms with Gasteiger partial charge in [0, 0.05) is 37.7 Å². The number of aryl methyl sites for hydroxylation is 1. The summed E-state index contributed by atoms with van der Waals surface area (Å²) in [6.07, 6.45) is 0. The molecule has 1 aliphatic heterocycles. The number of piperazine rings is 1. The van der Waals surface area contributed by atoms with E-state index in [2.05, 4.69) is 48.0 Å². The van der Waals surface area contributed by atoms with E-state index in [0.717, 1.165) is 37.7 Å². The maximum Gasteiger partial charge on any atom is 0.0412 e. The van der Waals surface area contributed by atoms with Crippen LogP contribution in [-0.2, 0) is 6.54 Å². The van der Waals surface area contributed by atoms with Crippen LogP contribution < -0.4 is 0 Å². The Balaban J connectivity index is 1.81. The van der Waals surface area contributed by atoms with Gasteiger partial charge in [-0.05, 0) is 54.4 Å². The molecule has 2 nitrogen and oxygen atoms in total. The molecule has 0 N–H and O–H groups in total. The van der Waals surface area contributed by atoms with Gasteiger partial charge in [-0.25, -0.2) is 0 Å². The van der Waals surface area contributed by atoms with Crippen LogP contribution in [0.25, 0.3) is 11.1 Å². The van der Waals surface area contributed by atoms with Crippen LogP contribution in [0.1, 0.15) is 11.1 Å². The molecule has 1 saturated heterocycles. The van der Waals surface area contributed by atoms with Gasteiger partial charge in [-0.1, -0.05) is 35.9 Å². The van der Waals surface area contributed by atoms with Crippen LogP contribution in [-0.4, -0.2) is 43.0 Å². The molecule has 0 saturated carbocycles. The van der Waals surface area contributed by atoms with Crippen LogP contribution in [0, 0.1) is 6.92 Å². The molecule has 2 aromatic carbocycles. The van der Waals surface area contributed by atoms with Crippen molar-refractivity contribution in [2.75, 3.05) is 33.2 Å². The molecule has 2 aromatic rings. The van der Waals surface area contributed by atoms with Gasteiger partial charge in [-0.3, -0.25) is 4.90 Å². The van der Waals surface area contributed by atoms with Crippen LogP contribution in [0.2, 0.25) is 5.02 Å². The Morgan fingerprint density at radius 1 is 1.00 bits per heavy atom. The first-order chi connectivity index (χ1) is 10.6. The number of halogens is 1. The number of nitrogens with zero attached hydrogens (tertiary/aromatic N) is 2. The quantitative estimate of drug-likeness (QED) is 0.843. The van der Waals surface area contributed by atoms with Gasteiger partial charge in [0.15, 0.2) is 0 Å². The average molecular weight is 315 g/mol. The lowest BCUT2D eigenvalue weighted by Crippen LogP contribution is -2.43. The second-order valence-electron chi connectivity index (χ2n) is 6.24. The predicted molar refractivity (Wildman–Crippen MR) is 94.4 cm³/mol. The lowest BCUT2D eigenvalue weighted by atomic mass is 9.98. The Labute approximate surface area is 138 Å². The minimum absolute atomic E-state index is 0.793. The highest BCUT2D eigenvalue weighted by Gasteiger charge is 2.14. The zero-order valence-corrected chi connectivity index (χ0v) is 14.1. The first kappa shape index (κ1) is 15.5. The third-order valence-electron chi connectivity index (χ3n) is 4.44.